The van der Waals surface area contributed by atoms with Crippen molar-refractivity contribution in [1.82, 2.24) is 5.32 Å². The Bertz CT molecular complexity index is 1360. The van der Waals surface area contributed by atoms with E-state index in [0.29, 0.717) is 41.4 Å². The Balaban J connectivity index is 1.86. The van der Waals surface area contributed by atoms with Crippen molar-refractivity contribution in [3.8, 4) is 0 Å². The van der Waals surface area contributed by atoms with E-state index in [1.54, 1.807) is 60.7 Å². The number of amides is 4. The van der Waals surface area contributed by atoms with Crippen LogP contribution in [0.1, 0.15) is 36.5 Å². The van der Waals surface area contributed by atoms with Crippen LogP contribution >= 0.6 is 0 Å². The average Bonchev–Trinajstić information content (AvgIpc) is 3.14. The zero-order chi connectivity index (χ0) is 28.9. The molecule has 210 valence electrons. The van der Waals surface area contributed by atoms with Crippen molar-refractivity contribution in [2.24, 2.45) is 5.73 Å². The van der Waals surface area contributed by atoms with E-state index in [2.05, 4.69) is 10.6 Å². The lowest BCUT2D eigenvalue weighted by Gasteiger charge is -2.36. The van der Waals surface area contributed by atoms with Crippen molar-refractivity contribution in [1.29, 1.82) is 0 Å². The quantitative estimate of drug-likeness (QED) is 0.214. The summed E-state index contributed by atoms with van der Waals surface area (Å²) in [4.78, 5) is 42.9. The van der Waals surface area contributed by atoms with Crippen molar-refractivity contribution >= 4 is 34.9 Å². The van der Waals surface area contributed by atoms with Crippen molar-refractivity contribution in [2.45, 2.75) is 38.5 Å². The summed E-state index contributed by atoms with van der Waals surface area (Å²) in [5.74, 6) is -2.61. The topological polar surface area (TPSA) is 149 Å². The number of hydrogen-bond acceptors (Lipinski definition) is 6. The fraction of sp³-hybridized carbons (Fsp3) is 0.300. The molecule has 0 aliphatic carbocycles. The van der Waals surface area contributed by atoms with Gasteiger partial charge in [-0.1, -0.05) is 48.0 Å². The van der Waals surface area contributed by atoms with Gasteiger partial charge in [-0.2, -0.15) is 0 Å². The summed E-state index contributed by atoms with van der Waals surface area (Å²) in [6, 6.07) is 20.0. The van der Waals surface area contributed by atoms with Crippen molar-refractivity contribution in [3.05, 3.63) is 89.5 Å². The Morgan fingerprint density at radius 3 is 2.17 bits per heavy atom. The first-order valence-electron chi connectivity index (χ1n) is 13.2. The zero-order valence-electron chi connectivity index (χ0n) is 22.8. The summed E-state index contributed by atoms with van der Waals surface area (Å²) in [6.45, 7) is 6.36. The number of primary amides is 1. The number of carbonyl (C=O) groups excluding carboxylic acids is 3. The summed E-state index contributed by atoms with van der Waals surface area (Å²) in [5, 5.41) is 5.65. The molecule has 1 aliphatic rings. The van der Waals surface area contributed by atoms with Gasteiger partial charge < -0.3 is 36.5 Å². The predicted molar refractivity (Wildman–Crippen MR) is 154 cm³/mol. The Morgan fingerprint density at radius 1 is 0.950 bits per heavy atom. The van der Waals surface area contributed by atoms with Crippen LogP contribution in [0.3, 0.4) is 0 Å². The maximum absolute atomic E-state index is 14.6. The van der Waals surface area contributed by atoms with Crippen LogP contribution in [0.4, 0.5) is 21.9 Å². The van der Waals surface area contributed by atoms with Crippen LogP contribution in [-0.4, -0.2) is 43.9 Å². The number of fused-ring (bicyclic) bond motifs is 1. The van der Waals surface area contributed by atoms with Crippen LogP contribution in [-0.2, 0) is 24.6 Å². The number of nitrogens with two attached hydrogens (primary N) is 2. The Hall–Kier alpha value is -4.41. The first kappa shape index (κ1) is 28.6. The highest BCUT2D eigenvalue weighted by atomic mass is 16.7. The number of nitrogens with zero attached hydrogens (tertiary/aromatic N) is 1. The Labute approximate surface area is 233 Å². The smallest absolute Gasteiger partial charge is 0.320 e. The zero-order valence-corrected chi connectivity index (χ0v) is 22.8. The SMILES string of the molecule is CCOC(CN1C(=O)C(NC(=O)Nc2ccc(C)cc2)(C(C(N)=O)c2ccc(N)cc2)c2ccccc21)OCC. The largest absolute Gasteiger partial charge is 0.399 e. The third-order valence-corrected chi connectivity index (χ3v) is 6.85. The molecule has 1 heterocycles. The highest BCUT2D eigenvalue weighted by molar-refractivity contribution is 6.13. The molecule has 4 amide bonds. The molecule has 0 radical (unpaired) electrons. The van der Waals surface area contributed by atoms with Crippen LogP contribution in [0.5, 0.6) is 0 Å². The number of nitrogen functional groups attached to an aromatic ring is 1. The molecule has 0 spiro atoms. The molecule has 0 bridgehead atoms. The molecule has 0 aromatic heterocycles. The summed E-state index contributed by atoms with van der Waals surface area (Å²) >= 11 is 0. The minimum absolute atomic E-state index is 0.0355. The number of benzene rings is 3. The fourth-order valence-electron chi connectivity index (χ4n) is 5.10. The molecule has 2 unspecified atom stereocenters. The second-order valence-corrected chi connectivity index (χ2v) is 9.53. The lowest BCUT2D eigenvalue weighted by atomic mass is 9.74. The molecule has 10 heteroatoms. The Kier molecular flexibility index (Phi) is 8.71. The predicted octanol–water partition coefficient (Wildman–Crippen LogP) is 3.61. The first-order valence-corrected chi connectivity index (χ1v) is 13.2. The van der Waals surface area contributed by atoms with Gasteiger partial charge in [0.15, 0.2) is 11.8 Å². The fourth-order valence-corrected chi connectivity index (χ4v) is 5.10. The molecule has 40 heavy (non-hydrogen) atoms. The third-order valence-electron chi connectivity index (χ3n) is 6.85. The van der Waals surface area contributed by atoms with Crippen LogP contribution in [0.25, 0.3) is 0 Å². The summed E-state index contributed by atoms with van der Waals surface area (Å²) in [5.41, 5.74) is 13.4. The van der Waals surface area contributed by atoms with E-state index in [-0.39, 0.29) is 6.54 Å². The maximum Gasteiger partial charge on any atom is 0.320 e. The molecule has 1 aliphatic heterocycles. The molecule has 3 aromatic carbocycles. The molecule has 2 atom stereocenters. The minimum atomic E-state index is -1.88. The van der Waals surface area contributed by atoms with E-state index >= 15 is 0 Å². The van der Waals surface area contributed by atoms with Gasteiger partial charge >= 0.3 is 6.03 Å². The molecule has 0 fully saturated rings. The molecular formula is C30H35N5O5. The van der Waals surface area contributed by atoms with E-state index < -0.39 is 35.6 Å². The number of anilines is 3. The van der Waals surface area contributed by atoms with E-state index in [4.69, 9.17) is 20.9 Å². The molecule has 0 saturated carbocycles. The van der Waals surface area contributed by atoms with Crippen molar-refractivity contribution in [3.63, 3.8) is 0 Å². The second kappa shape index (κ2) is 12.2. The molecule has 3 aromatic rings. The standard InChI is InChI=1S/C30H35N5O5/c1-4-39-25(40-5-2)18-35-24-9-7-6-8-23(24)30(28(35)37,26(27(32)36)20-12-14-21(31)15-13-20)34-29(38)33-22-16-10-19(3)11-17-22/h6-17,25-26H,4-5,18,31H2,1-3H3,(H2,32,36)(H2,33,34,38). The van der Waals surface area contributed by atoms with Gasteiger partial charge in [0, 0.05) is 30.2 Å². The normalized spacial score (nSPS) is 17.0. The van der Waals surface area contributed by atoms with E-state index in [9.17, 15) is 14.4 Å². The summed E-state index contributed by atoms with van der Waals surface area (Å²) in [6.07, 6.45) is -0.729. The van der Waals surface area contributed by atoms with Gasteiger partial charge in [-0.3, -0.25) is 9.59 Å². The molecular weight excluding hydrogens is 510 g/mol. The molecule has 6 N–H and O–H groups in total. The van der Waals surface area contributed by atoms with Gasteiger partial charge in [-0.05, 0) is 56.7 Å². The maximum atomic E-state index is 14.6. The summed E-state index contributed by atoms with van der Waals surface area (Å²) in [7, 11) is 0. The molecule has 0 saturated heterocycles. The van der Waals surface area contributed by atoms with Gasteiger partial charge in [-0.25, -0.2) is 4.79 Å². The minimum Gasteiger partial charge on any atom is -0.399 e. The number of carbonyl (C=O) groups is 3. The summed E-state index contributed by atoms with van der Waals surface area (Å²) < 4.78 is 11.5. The molecule has 10 nitrogen and oxygen atoms in total. The van der Waals surface area contributed by atoms with Gasteiger partial charge in [0.1, 0.15) is 0 Å². The van der Waals surface area contributed by atoms with Crippen molar-refractivity contribution in [2.75, 3.05) is 35.7 Å². The number of nitrogens with one attached hydrogen (secondary N) is 2. The first-order chi connectivity index (χ1) is 19.2. The number of aryl methyl sites for hydroxylation is 1. The lowest BCUT2D eigenvalue weighted by molar-refractivity contribution is -0.139. The number of ether oxygens (including phenoxy) is 2. The van der Waals surface area contributed by atoms with Gasteiger partial charge in [0.25, 0.3) is 5.91 Å². The van der Waals surface area contributed by atoms with E-state index in [0.717, 1.165) is 5.56 Å². The van der Waals surface area contributed by atoms with Gasteiger partial charge in [-0.15, -0.1) is 0 Å². The highest BCUT2D eigenvalue weighted by Gasteiger charge is 2.59. The molecule has 4 rings (SSSR count). The second-order valence-electron chi connectivity index (χ2n) is 9.53. The van der Waals surface area contributed by atoms with E-state index in [1.165, 1.54) is 4.90 Å². The van der Waals surface area contributed by atoms with Crippen molar-refractivity contribution < 1.29 is 23.9 Å². The van der Waals surface area contributed by atoms with E-state index in [1.807, 2.05) is 32.9 Å². The van der Waals surface area contributed by atoms with Crippen LogP contribution < -0.4 is 27.0 Å². The monoisotopic (exact) mass is 545 g/mol. The third kappa shape index (κ3) is 5.63. The van der Waals surface area contributed by atoms with Crippen LogP contribution in [0.15, 0.2) is 72.8 Å². The number of rotatable bonds is 11. The Morgan fingerprint density at radius 2 is 1.57 bits per heavy atom. The van der Waals surface area contributed by atoms with Crippen LogP contribution in [0, 0.1) is 6.92 Å². The number of para-hydroxylation sites is 1. The highest BCUT2D eigenvalue weighted by Crippen LogP contribution is 2.48. The van der Waals surface area contributed by atoms with Gasteiger partial charge in [0.2, 0.25) is 5.91 Å². The lowest BCUT2D eigenvalue weighted by Crippen LogP contribution is -2.60. The number of hydrogen-bond donors (Lipinski definition) is 4. The van der Waals surface area contributed by atoms with Crippen LogP contribution in [0.2, 0.25) is 0 Å². The van der Waals surface area contributed by atoms with Gasteiger partial charge in [0.05, 0.1) is 18.2 Å². The number of urea groups is 1. The average molecular weight is 546 g/mol.